The van der Waals surface area contributed by atoms with E-state index in [1.54, 1.807) is 124 Å². The van der Waals surface area contributed by atoms with E-state index in [4.69, 9.17) is 4.74 Å². The highest BCUT2D eigenvalue weighted by Crippen LogP contribution is 2.49. The van der Waals surface area contributed by atoms with E-state index >= 15 is 0 Å². The number of amides is 4. The van der Waals surface area contributed by atoms with E-state index in [0.717, 1.165) is 17.1 Å². The second-order valence-corrected chi connectivity index (χ2v) is 32.8. The van der Waals surface area contributed by atoms with Gasteiger partial charge in [0.05, 0.1) is 47.6 Å². The third kappa shape index (κ3) is 28.8. The Labute approximate surface area is 668 Å². The maximum atomic E-state index is 14.9. The first-order chi connectivity index (χ1) is 54.0. The Bertz CT molecular complexity index is 4450. The molecule has 0 aromatic heterocycles. The van der Waals surface area contributed by atoms with Crippen LogP contribution < -0.4 is 31.5 Å². The number of fused-ring (bicyclic) bond motifs is 1. The molecule has 5 aromatic carbocycles. The molecule has 3 atom stereocenters. The number of nitrogens with one attached hydrogen (secondary N) is 5. The van der Waals surface area contributed by atoms with Gasteiger partial charge in [0.2, 0.25) is 23.6 Å². The Balaban J connectivity index is 1.01. The van der Waals surface area contributed by atoms with Crippen LogP contribution in [0.4, 0.5) is 11.4 Å². The van der Waals surface area contributed by atoms with Crippen LogP contribution in [0.3, 0.4) is 0 Å². The molecule has 0 saturated carbocycles. The Morgan fingerprint density at radius 2 is 1.08 bits per heavy atom. The summed E-state index contributed by atoms with van der Waals surface area (Å²) in [6, 6.07) is 27.9. The largest absolute Gasteiger partial charge is 0.480 e. The van der Waals surface area contributed by atoms with Gasteiger partial charge in [0.25, 0.3) is 20.2 Å². The molecule has 2 aliphatic heterocycles. The number of hydrogen-bond acceptors (Lipinski definition) is 20. The lowest BCUT2D eigenvalue weighted by Gasteiger charge is -2.33. The Morgan fingerprint density at radius 1 is 0.570 bits per heavy atom. The number of esters is 1. The van der Waals surface area contributed by atoms with Crippen molar-refractivity contribution >= 4 is 84.9 Å². The molecule has 2 heterocycles. The minimum Gasteiger partial charge on any atom is -0.480 e. The molecule has 1 saturated heterocycles. The number of ether oxygens (including phenoxy) is 1. The van der Waals surface area contributed by atoms with Crippen LogP contribution in [0.15, 0.2) is 161 Å². The fourth-order valence-electron chi connectivity index (χ4n) is 14.1. The van der Waals surface area contributed by atoms with Gasteiger partial charge in [-0.1, -0.05) is 137 Å². The Morgan fingerprint density at radius 3 is 1.61 bits per heavy atom. The molecule has 0 unspecified atom stereocenters. The molecule has 31 heteroatoms. The number of anilines is 2. The number of hydrogen-bond donors (Lipinski definition) is 10. The molecule has 0 spiro atoms. The number of allylic oxidation sites excluding steroid dienone is 6. The maximum absolute atomic E-state index is 14.9. The van der Waals surface area contributed by atoms with E-state index < -0.39 is 103 Å². The third-order valence-corrected chi connectivity index (χ3v) is 22.0. The number of benzene rings is 5. The highest BCUT2D eigenvalue weighted by molar-refractivity contribution is 7.86. The van der Waals surface area contributed by atoms with Crippen molar-refractivity contribution in [1.82, 2.24) is 40.9 Å². The quantitative estimate of drug-likeness (QED) is 0.00789. The summed E-state index contributed by atoms with van der Waals surface area (Å²) in [5.74, 6) is -7.11. The number of aliphatic carboxylic acids is 3. The van der Waals surface area contributed by atoms with Crippen molar-refractivity contribution in [3.05, 3.63) is 190 Å². The molecule has 7 rings (SSSR count). The number of carbonyl (C=O) groups is 9. The standard InChI is InChI=1S/C83H110N10O19S2/c1-8-84-66-36-34-62(113(106,107)108)51-64(66)82(4,5)38-21-10-9-18-32-72-83(6,7)65-52-63(114(109,110)111)35-37-70(65)93(72)40-23-13-19-33-73(95)85-39-22-20-31-67(71(94)57-112-81(105)78-58(2)25-24-26-59(78)3)87-80(104)69(50-61-29-16-12-17-30-61)88-79(103)68(49-60-27-14-11-15-28-60)86-74(96)53-89-41-43-90(54-75(97)98)45-47-92(56-77(101)102)48-46-91(44-42-89)55-76(99)100/h9-12,14-18,21,24-30,32,34-37,51-52,67-69,84H,8,13,19-20,22-23,31,33,38-50,53-57H2,1-7H3,(H,85,95)(H,86,96)(H,87,104)(H,88,103)(H,97,98)(H,99,100)(H,101,102)(H,106,107,108)(H,109,110,111)/b18-9+,21-10+,72-32-/t67-,68-,69-/m0/s1. The van der Waals surface area contributed by atoms with Crippen LogP contribution in [0.25, 0.3) is 0 Å². The molecule has 0 radical (unpaired) electrons. The molecule has 5 aromatic rings. The van der Waals surface area contributed by atoms with Crippen LogP contribution in [0.2, 0.25) is 0 Å². The lowest BCUT2D eigenvalue weighted by Crippen LogP contribution is -2.58. The van der Waals surface area contributed by atoms with Crippen molar-refractivity contribution in [3.8, 4) is 0 Å². The summed E-state index contributed by atoms with van der Waals surface area (Å²) in [4.78, 5) is 130. The first-order valence-corrected chi connectivity index (χ1v) is 41.3. The average molecular weight is 1620 g/mol. The summed E-state index contributed by atoms with van der Waals surface area (Å²) in [5, 5.41) is 44.0. The van der Waals surface area contributed by atoms with Crippen LogP contribution in [0.1, 0.15) is 130 Å². The molecular weight excluding hydrogens is 1510 g/mol. The van der Waals surface area contributed by atoms with Crippen LogP contribution >= 0.6 is 0 Å². The van der Waals surface area contributed by atoms with Crippen LogP contribution in [-0.4, -0.2) is 237 Å². The highest BCUT2D eigenvalue weighted by Gasteiger charge is 2.41. The van der Waals surface area contributed by atoms with Crippen molar-refractivity contribution in [2.75, 3.05) is 115 Å². The smallest absolute Gasteiger partial charge is 0.339 e. The van der Waals surface area contributed by atoms with Crippen LogP contribution in [-0.2, 0) is 87.0 Å². The maximum Gasteiger partial charge on any atom is 0.339 e. The zero-order valence-electron chi connectivity index (χ0n) is 66.0. The zero-order valence-corrected chi connectivity index (χ0v) is 67.6. The molecule has 29 nitrogen and oxygen atoms in total. The van der Waals surface area contributed by atoms with Crippen LogP contribution in [0.5, 0.6) is 0 Å². The summed E-state index contributed by atoms with van der Waals surface area (Å²) >= 11 is 0. The minimum absolute atomic E-state index is 0.0219. The lowest BCUT2D eigenvalue weighted by molar-refractivity contribution is -0.140. The normalized spacial score (nSPS) is 16.1. The molecule has 0 bridgehead atoms. The van der Waals surface area contributed by atoms with Gasteiger partial charge in [0.15, 0.2) is 12.4 Å². The topological polar surface area (TPSA) is 409 Å². The van der Waals surface area contributed by atoms with Crippen molar-refractivity contribution in [1.29, 1.82) is 0 Å². The lowest BCUT2D eigenvalue weighted by atomic mass is 9.80. The Hall–Kier alpha value is -9.99. The van der Waals surface area contributed by atoms with E-state index in [1.807, 2.05) is 65.0 Å². The number of carboxylic acids is 3. The van der Waals surface area contributed by atoms with Gasteiger partial charge in [0.1, 0.15) is 12.1 Å². The van der Waals surface area contributed by atoms with Gasteiger partial charge in [-0.3, -0.25) is 67.1 Å². The molecule has 2 aliphatic rings. The fraction of sp³-hybridized carbons (Fsp3) is 0.458. The molecule has 10 N–H and O–H groups in total. The monoisotopic (exact) mass is 1610 g/mol. The first kappa shape index (κ1) is 91.2. The number of carboxylic acid groups (broad SMARTS) is 3. The average Bonchev–Trinajstić information content (AvgIpc) is 1.58. The molecular formula is C83H110N10O19S2. The molecule has 618 valence electrons. The van der Waals surface area contributed by atoms with Crippen molar-refractivity contribution in [2.45, 2.75) is 151 Å². The van der Waals surface area contributed by atoms with Gasteiger partial charge in [0, 0.05) is 114 Å². The summed E-state index contributed by atoms with van der Waals surface area (Å²) < 4.78 is 74.4. The van der Waals surface area contributed by atoms with E-state index in [9.17, 15) is 84.4 Å². The summed E-state index contributed by atoms with van der Waals surface area (Å²) in [6.07, 6.45) is 12.5. The van der Waals surface area contributed by atoms with Gasteiger partial charge < -0.3 is 51.5 Å². The van der Waals surface area contributed by atoms with Crippen LogP contribution in [0, 0.1) is 13.8 Å². The zero-order chi connectivity index (χ0) is 83.3. The summed E-state index contributed by atoms with van der Waals surface area (Å²) in [5.41, 5.74) is 5.31. The second-order valence-electron chi connectivity index (χ2n) is 30.0. The SMILES string of the molecule is CCNc1ccc(S(=O)(=O)O)cc1C(C)(C)C/C=C/C=C/C=C1\N(CCCCCC(=O)NCCCC[C@H](NC(=O)[C@H](Cc2ccccc2)NC(=O)[C@H](Cc2ccccc2)NC(=O)CN2CCN(CC(=O)O)CCN(CC(=O)O)CCN(CC(=O)O)CC2)C(=O)COC(=O)c2c(C)cccc2C)c2ccc(S(=O)(=O)O)cc2C1(C)C. The van der Waals surface area contributed by atoms with Gasteiger partial charge in [-0.15, -0.1) is 0 Å². The van der Waals surface area contributed by atoms with Gasteiger partial charge in [-0.2, -0.15) is 16.8 Å². The van der Waals surface area contributed by atoms with Crippen molar-refractivity contribution < 1.29 is 89.1 Å². The number of ketones is 1. The number of Topliss-reactive ketones (excluding diaryl/α,β-unsaturated/α-hetero) is 1. The van der Waals surface area contributed by atoms with Crippen molar-refractivity contribution in [3.63, 3.8) is 0 Å². The number of rotatable bonds is 41. The number of carbonyl (C=O) groups excluding carboxylic acids is 6. The predicted molar refractivity (Wildman–Crippen MR) is 432 cm³/mol. The molecule has 4 amide bonds. The van der Waals surface area contributed by atoms with Crippen molar-refractivity contribution in [2.24, 2.45) is 0 Å². The van der Waals surface area contributed by atoms with Gasteiger partial charge in [-0.05, 0) is 141 Å². The van der Waals surface area contributed by atoms with E-state index in [-0.39, 0.29) is 138 Å². The Kier molecular flexibility index (Phi) is 34.8. The van der Waals surface area contributed by atoms with E-state index in [1.165, 1.54) is 24.3 Å². The minimum atomic E-state index is -4.53. The van der Waals surface area contributed by atoms with E-state index in [0.29, 0.717) is 78.6 Å². The van der Waals surface area contributed by atoms with Gasteiger partial charge >= 0.3 is 23.9 Å². The third-order valence-electron chi connectivity index (χ3n) is 20.3. The molecule has 0 aliphatic carbocycles. The number of nitrogens with zero attached hydrogens (tertiary/aromatic N) is 5. The number of unbranched alkanes of at least 4 members (excludes halogenated alkanes) is 3. The summed E-state index contributed by atoms with van der Waals surface area (Å²) in [6.45, 7) is 13.6. The first-order valence-electron chi connectivity index (χ1n) is 38.4. The fourth-order valence-corrected chi connectivity index (χ4v) is 15.1. The van der Waals surface area contributed by atoms with E-state index in [2.05, 4.69) is 31.5 Å². The second kappa shape index (κ2) is 43.5. The highest BCUT2D eigenvalue weighted by atomic mass is 32.2. The van der Waals surface area contributed by atoms with Gasteiger partial charge in [-0.25, -0.2) is 4.79 Å². The predicted octanol–water partition coefficient (Wildman–Crippen LogP) is 7.38. The molecule has 114 heavy (non-hydrogen) atoms. The molecule has 1 fully saturated rings. The summed E-state index contributed by atoms with van der Waals surface area (Å²) in [7, 11) is -8.97. The number of aryl methyl sites for hydroxylation is 2.